The predicted molar refractivity (Wildman–Crippen MR) is 141 cm³/mol. The maximum absolute atomic E-state index is 13.6. The van der Waals surface area contributed by atoms with Crippen molar-refractivity contribution >= 4 is 44.8 Å². The van der Waals surface area contributed by atoms with Crippen molar-refractivity contribution in [3.63, 3.8) is 0 Å². The van der Waals surface area contributed by atoms with Crippen molar-refractivity contribution < 1.29 is 23.9 Å². The summed E-state index contributed by atoms with van der Waals surface area (Å²) in [6, 6.07) is 9.11. The van der Waals surface area contributed by atoms with Crippen molar-refractivity contribution in [2.24, 2.45) is 11.1 Å². The Hall–Kier alpha value is -3.50. The lowest BCUT2D eigenvalue weighted by atomic mass is 9.93. The molecule has 0 radical (unpaired) electrons. The molecule has 3 aromatic rings. The number of hydrogen-bond donors (Lipinski definition) is 2. The number of methoxy groups -OCH3 is 1. The van der Waals surface area contributed by atoms with Crippen LogP contribution < -0.4 is 15.4 Å². The van der Waals surface area contributed by atoms with Crippen molar-refractivity contribution in [3.05, 3.63) is 52.0 Å². The lowest BCUT2D eigenvalue weighted by Crippen LogP contribution is -2.33. The van der Waals surface area contributed by atoms with E-state index in [1.54, 1.807) is 18.2 Å². The zero-order chi connectivity index (χ0) is 25.5. The average molecular weight is 521 g/mol. The number of anilines is 1. The van der Waals surface area contributed by atoms with Gasteiger partial charge in [-0.15, -0.1) is 11.3 Å². The summed E-state index contributed by atoms with van der Waals surface area (Å²) < 4.78 is 11.9. The van der Waals surface area contributed by atoms with Crippen LogP contribution in [0.25, 0.3) is 10.2 Å². The van der Waals surface area contributed by atoms with E-state index in [4.69, 9.17) is 14.3 Å². The van der Waals surface area contributed by atoms with Crippen molar-refractivity contribution in [1.29, 1.82) is 0 Å². The third kappa shape index (κ3) is 4.55. The molecule has 37 heavy (non-hydrogen) atoms. The number of aryl methyl sites for hydroxylation is 1. The Kier molecular flexibility index (Phi) is 6.29. The highest BCUT2D eigenvalue weighted by Crippen LogP contribution is 2.32. The number of nitrogens with zero attached hydrogens (tertiary/aromatic N) is 2. The second kappa shape index (κ2) is 9.75. The molecule has 192 valence electrons. The molecule has 6 rings (SSSR count). The molecular weight excluding hydrogens is 492 g/mol. The van der Waals surface area contributed by atoms with E-state index in [1.165, 1.54) is 18.4 Å². The van der Waals surface area contributed by atoms with Gasteiger partial charge >= 0.3 is 0 Å². The van der Waals surface area contributed by atoms with Crippen molar-refractivity contribution in [3.8, 4) is 5.75 Å². The third-order valence-electron chi connectivity index (χ3n) is 7.22. The van der Waals surface area contributed by atoms with Crippen LogP contribution in [-0.4, -0.2) is 55.0 Å². The van der Waals surface area contributed by atoms with Crippen molar-refractivity contribution in [2.75, 3.05) is 25.6 Å². The van der Waals surface area contributed by atoms with Gasteiger partial charge < -0.3 is 24.9 Å². The van der Waals surface area contributed by atoms with E-state index in [9.17, 15) is 9.59 Å². The highest BCUT2D eigenvalue weighted by atomic mass is 32.1. The minimum atomic E-state index is -0.390. The number of aromatic nitrogens is 1. The molecule has 2 N–H and O–H groups in total. The summed E-state index contributed by atoms with van der Waals surface area (Å²) in [4.78, 5) is 37.0. The Bertz CT molecular complexity index is 1410. The number of fused-ring (bicyclic) bond motifs is 2. The molecule has 1 saturated carbocycles. The second-order valence-electron chi connectivity index (χ2n) is 9.69. The van der Waals surface area contributed by atoms with E-state index in [2.05, 4.69) is 20.8 Å². The number of thiazole rings is 1. The minimum Gasteiger partial charge on any atom is -0.496 e. The first-order valence-electron chi connectivity index (χ1n) is 12.5. The number of benzene rings is 2. The number of hydrogen-bond acceptors (Lipinski definition) is 8. The zero-order valence-corrected chi connectivity index (χ0v) is 21.5. The van der Waals surface area contributed by atoms with Gasteiger partial charge in [-0.05, 0) is 50.1 Å². The summed E-state index contributed by atoms with van der Waals surface area (Å²) >= 11 is 1.52. The Balaban J connectivity index is 1.33. The van der Waals surface area contributed by atoms with Crippen LogP contribution in [0, 0.1) is 12.8 Å². The lowest BCUT2D eigenvalue weighted by molar-refractivity contribution is 0.0558. The van der Waals surface area contributed by atoms with Crippen LogP contribution in [0.15, 0.2) is 35.5 Å². The summed E-state index contributed by atoms with van der Waals surface area (Å²) in [6.07, 6.45) is 4.08. The molecule has 2 unspecified atom stereocenters. The van der Waals surface area contributed by atoms with Crippen molar-refractivity contribution in [1.82, 2.24) is 10.3 Å². The van der Waals surface area contributed by atoms with Gasteiger partial charge in [0.15, 0.2) is 6.10 Å². The smallest absolute Gasteiger partial charge is 0.259 e. The molecule has 10 heteroatoms. The molecule has 1 aliphatic carbocycles. The number of carbonyl (C=O) groups is 2. The number of nitrogens with one attached hydrogen (secondary N) is 2. The van der Waals surface area contributed by atoms with E-state index in [0.717, 1.165) is 52.2 Å². The Morgan fingerprint density at radius 3 is 2.73 bits per heavy atom. The maximum atomic E-state index is 13.6. The van der Waals surface area contributed by atoms with Gasteiger partial charge in [-0.1, -0.05) is 18.0 Å². The molecule has 2 atom stereocenters. The van der Waals surface area contributed by atoms with Gasteiger partial charge in [0, 0.05) is 11.6 Å². The molecule has 2 fully saturated rings. The molecular formula is C27H28N4O5S. The standard InChI is InChI=1S/C27H28N4O5S/c1-14-28-21-11-20(17(10-24(21)37-14)26(32)29-16-5-3-4-6-16)30-27(33)18-9-15(7-8-22(18)34-2)25-19-12-35-13-23(19)36-31-25/h7-11,16,19,23H,3-6,12-13H2,1-2H3,(H,29,32)(H,30,33). The predicted octanol–water partition coefficient (Wildman–Crippen LogP) is 4.29. The number of rotatable bonds is 6. The Morgan fingerprint density at radius 1 is 1.08 bits per heavy atom. The molecule has 0 bridgehead atoms. The van der Waals surface area contributed by atoms with Crippen LogP contribution in [0.1, 0.15) is 57.0 Å². The highest BCUT2D eigenvalue weighted by molar-refractivity contribution is 7.18. The van der Waals surface area contributed by atoms with Gasteiger partial charge in [0.2, 0.25) is 0 Å². The third-order valence-corrected chi connectivity index (χ3v) is 8.16. The molecule has 9 nitrogen and oxygen atoms in total. The molecule has 2 aromatic carbocycles. The second-order valence-corrected chi connectivity index (χ2v) is 10.9. The van der Waals surface area contributed by atoms with Gasteiger partial charge in [0.25, 0.3) is 11.8 Å². The van der Waals surface area contributed by atoms with E-state index in [-0.39, 0.29) is 24.0 Å². The van der Waals surface area contributed by atoms with E-state index >= 15 is 0 Å². The van der Waals surface area contributed by atoms with E-state index in [0.29, 0.717) is 35.8 Å². The minimum absolute atomic E-state index is 0.0329. The lowest BCUT2D eigenvalue weighted by Gasteiger charge is -2.16. The topological polar surface area (TPSA) is 111 Å². The monoisotopic (exact) mass is 520 g/mol. The van der Waals surface area contributed by atoms with Gasteiger partial charge in [-0.3, -0.25) is 9.59 Å². The average Bonchev–Trinajstić information content (AvgIpc) is 3.68. The molecule has 3 heterocycles. The van der Waals surface area contributed by atoms with Gasteiger partial charge in [-0.2, -0.15) is 0 Å². The maximum Gasteiger partial charge on any atom is 0.259 e. The summed E-state index contributed by atoms with van der Waals surface area (Å²) in [5.74, 6) is -0.132. The van der Waals surface area contributed by atoms with E-state index < -0.39 is 5.91 Å². The summed E-state index contributed by atoms with van der Waals surface area (Å²) in [7, 11) is 1.52. The van der Waals surface area contributed by atoms with Crippen LogP contribution in [0.4, 0.5) is 5.69 Å². The number of carbonyl (C=O) groups excluding carboxylic acids is 2. The molecule has 0 spiro atoms. The molecule has 2 amide bonds. The van der Waals surface area contributed by atoms with Crippen molar-refractivity contribution in [2.45, 2.75) is 44.8 Å². The van der Waals surface area contributed by atoms with Crippen LogP contribution in [0.2, 0.25) is 0 Å². The van der Waals surface area contributed by atoms with Crippen LogP contribution in [-0.2, 0) is 9.57 Å². The van der Waals surface area contributed by atoms with Crippen LogP contribution in [0.3, 0.4) is 0 Å². The fourth-order valence-corrected chi connectivity index (χ4v) is 6.15. The number of ether oxygens (including phenoxy) is 2. The quantitative estimate of drug-likeness (QED) is 0.502. The fourth-order valence-electron chi connectivity index (χ4n) is 5.30. The van der Waals surface area contributed by atoms with Gasteiger partial charge in [0.1, 0.15) is 5.75 Å². The van der Waals surface area contributed by atoms with Crippen LogP contribution >= 0.6 is 11.3 Å². The first-order valence-corrected chi connectivity index (χ1v) is 13.3. The first-order chi connectivity index (χ1) is 18.0. The Labute approximate surface area is 218 Å². The number of oxime groups is 1. The molecule has 1 aromatic heterocycles. The van der Waals surface area contributed by atoms with E-state index in [1.807, 2.05) is 19.1 Å². The summed E-state index contributed by atoms with van der Waals surface area (Å²) in [5.41, 5.74) is 3.44. The molecule has 3 aliphatic rings. The molecule has 1 saturated heterocycles. The van der Waals surface area contributed by atoms with Crippen LogP contribution in [0.5, 0.6) is 5.75 Å². The first kappa shape index (κ1) is 23.9. The van der Waals surface area contributed by atoms with Gasteiger partial charge in [-0.25, -0.2) is 4.98 Å². The van der Waals surface area contributed by atoms with Gasteiger partial charge in [0.05, 0.1) is 64.0 Å². The molecule has 2 aliphatic heterocycles. The Morgan fingerprint density at radius 2 is 1.92 bits per heavy atom. The highest BCUT2D eigenvalue weighted by Gasteiger charge is 2.40. The SMILES string of the molecule is COc1ccc(C2=NOC3COCC23)cc1C(=O)Nc1cc2nc(C)sc2cc1C(=O)NC1CCCC1. The normalized spacial score (nSPS) is 21.0. The fraction of sp³-hybridized carbons (Fsp3) is 0.407. The zero-order valence-electron chi connectivity index (χ0n) is 20.7. The summed E-state index contributed by atoms with van der Waals surface area (Å²) in [6.45, 7) is 2.96. The summed E-state index contributed by atoms with van der Waals surface area (Å²) in [5, 5.41) is 11.2. The largest absolute Gasteiger partial charge is 0.496 e. The number of amides is 2.